The number of nitrogens with zero attached hydrogens (tertiary/aromatic N) is 2. The second-order valence-corrected chi connectivity index (χ2v) is 4.48. The summed E-state index contributed by atoms with van der Waals surface area (Å²) in [5.74, 6) is -1.34. The minimum Gasteiger partial charge on any atom is -0.342 e. The fourth-order valence-electron chi connectivity index (χ4n) is 1.39. The van der Waals surface area contributed by atoms with E-state index in [-0.39, 0.29) is 23.2 Å². The van der Waals surface area contributed by atoms with E-state index in [1.807, 2.05) is 0 Å². The Morgan fingerprint density at radius 3 is 2.68 bits per heavy atom. The molecule has 0 saturated carbocycles. The van der Waals surface area contributed by atoms with E-state index in [0.29, 0.717) is 0 Å². The van der Waals surface area contributed by atoms with Gasteiger partial charge in [0, 0.05) is 6.54 Å². The zero-order chi connectivity index (χ0) is 14.6. The Balaban J connectivity index is 2.91. The summed E-state index contributed by atoms with van der Waals surface area (Å²) in [5.41, 5.74) is -0.470. The Morgan fingerprint density at radius 1 is 1.58 bits per heavy atom. The van der Waals surface area contributed by atoms with E-state index in [1.54, 1.807) is 18.3 Å². The number of halogens is 3. The first-order valence-electron chi connectivity index (χ1n) is 5.22. The largest absolute Gasteiger partial charge is 0.405 e. The monoisotopic (exact) mass is 293 g/mol. The number of hydrogen-bond acceptors (Lipinski definition) is 4. The molecule has 0 aromatic carbocycles. The van der Waals surface area contributed by atoms with Gasteiger partial charge < -0.3 is 10.2 Å². The SMILES string of the molecule is CCN1C(=O)CSC1=C(C#N)C(=O)NCC(F)(F)F. The van der Waals surface area contributed by atoms with Gasteiger partial charge in [-0.2, -0.15) is 18.4 Å². The van der Waals surface area contributed by atoms with Crippen molar-refractivity contribution in [2.24, 2.45) is 0 Å². The first-order chi connectivity index (χ1) is 8.80. The van der Waals surface area contributed by atoms with Crippen LogP contribution in [0.2, 0.25) is 0 Å². The van der Waals surface area contributed by atoms with Crippen LogP contribution in [0.3, 0.4) is 0 Å². The molecule has 1 fully saturated rings. The highest BCUT2D eigenvalue weighted by atomic mass is 32.2. The number of alkyl halides is 3. The van der Waals surface area contributed by atoms with Gasteiger partial charge >= 0.3 is 6.18 Å². The second kappa shape index (κ2) is 5.97. The first kappa shape index (κ1) is 15.4. The number of thioether (sulfide) groups is 1. The van der Waals surface area contributed by atoms with Crippen LogP contribution in [0, 0.1) is 11.3 Å². The van der Waals surface area contributed by atoms with Gasteiger partial charge in [0.25, 0.3) is 5.91 Å². The van der Waals surface area contributed by atoms with Crippen LogP contribution in [0.25, 0.3) is 0 Å². The number of nitriles is 1. The molecular formula is C10H10F3N3O2S. The number of nitrogens with one attached hydrogen (secondary N) is 1. The van der Waals surface area contributed by atoms with E-state index >= 15 is 0 Å². The lowest BCUT2D eigenvalue weighted by Gasteiger charge is -2.15. The van der Waals surface area contributed by atoms with Crippen LogP contribution in [-0.2, 0) is 9.59 Å². The molecule has 0 bridgehead atoms. The van der Waals surface area contributed by atoms with Gasteiger partial charge in [-0.25, -0.2) is 0 Å². The standard InChI is InChI=1S/C10H10F3N3O2S/c1-2-16-7(17)4-19-9(16)6(3-14)8(18)15-5-10(11,12)13/h2,4-5H2,1H3,(H,15,18). The summed E-state index contributed by atoms with van der Waals surface area (Å²) in [7, 11) is 0. The molecule has 0 aromatic heterocycles. The molecule has 0 atom stereocenters. The maximum atomic E-state index is 12.0. The van der Waals surface area contributed by atoms with Crippen molar-refractivity contribution in [3.8, 4) is 6.07 Å². The van der Waals surface area contributed by atoms with Crippen LogP contribution in [0.5, 0.6) is 0 Å². The summed E-state index contributed by atoms with van der Waals surface area (Å²) < 4.78 is 35.9. The number of rotatable bonds is 3. The summed E-state index contributed by atoms with van der Waals surface area (Å²) in [6.45, 7) is 0.375. The number of hydrogen-bond donors (Lipinski definition) is 1. The first-order valence-corrected chi connectivity index (χ1v) is 6.21. The minimum absolute atomic E-state index is 0.0703. The van der Waals surface area contributed by atoms with Crippen LogP contribution < -0.4 is 5.32 Å². The van der Waals surface area contributed by atoms with Gasteiger partial charge in [0.15, 0.2) is 0 Å². The van der Waals surface area contributed by atoms with Gasteiger partial charge in [-0.05, 0) is 6.92 Å². The molecular weight excluding hydrogens is 283 g/mol. The average Bonchev–Trinajstić information content (AvgIpc) is 2.68. The number of amides is 2. The van der Waals surface area contributed by atoms with Crippen molar-refractivity contribution in [2.75, 3.05) is 18.8 Å². The number of carbonyl (C=O) groups is 2. The lowest BCUT2D eigenvalue weighted by Crippen LogP contribution is -2.35. The molecule has 1 aliphatic heterocycles. The molecule has 1 heterocycles. The topological polar surface area (TPSA) is 73.2 Å². The molecule has 0 radical (unpaired) electrons. The Hall–Kier alpha value is -1.69. The molecule has 19 heavy (non-hydrogen) atoms. The maximum Gasteiger partial charge on any atom is 0.405 e. The Bertz CT molecular complexity index is 468. The van der Waals surface area contributed by atoms with E-state index in [0.717, 1.165) is 11.8 Å². The van der Waals surface area contributed by atoms with Crippen molar-refractivity contribution in [2.45, 2.75) is 13.1 Å². The van der Waals surface area contributed by atoms with Crippen LogP contribution in [-0.4, -0.2) is 41.7 Å². The molecule has 9 heteroatoms. The van der Waals surface area contributed by atoms with E-state index in [1.165, 1.54) is 4.90 Å². The van der Waals surface area contributed by atoms with Crippen molar-refractivity contribution in [1.82, 2.24) is 10.2 Å². The highest BCUT2D eigenvalue weighted by molar-refractivity contribution is 8.04. The zero-order valence-corrected chi connectivity index (χ0v) is 10.7. The second-order valence-electron chi connectivity index (χ2n) is 3.52. The maximum absolute atomic E-state index is 12.0. The van der Waals surface area contributed by atoms with E-state index < -0.39 is 24.2 Å². The summed E-state index contributed by atoms with van der Waals surface area (Å²) in [4.78, 5) is 24.2. The molecule has 104 valence electrons. The molecule has 5 nitrogen and oxygen atoms in total. The molecule has 0 aromatic rings. The van der Waals surface area contributed by atoms with Gasteiger partial charge in [-0.3, -0.25) is 9.59 Å². The van der Waals surface area contributed by atoms with Crippen molar-refractivity contribution < 1.29 is 22.8 Å². The predicted molar refractivity (Wildman–Crippen MR) is 61.5 cm³/mol. The highest BCUT2D eigenvalue weighted by Gasteiger charge is 2.33. The van der Waals surface area contributed by atoms with Crippen molar-refractivity contribution in [3.63, 3.8) is 0 Å². The Morgan fingerprint density at radius 2 is 2.21 bits per heavy atom. The van der Waals surface area contributed by atoms with E-state index in [4.69, 9.17) is 5.26 Å². The van der Waals surface area contributed by atoms with Gasteiger partial charge in [-0.15, -0.1) is 0 Å². The third kappa shape index (κ3) is 3.89. The quantitative estimate of drug-likeness (QED) is 0.622. The van der Waals surface area contributed by atoms with Crippen molar-refractivity contribution >= 4 is 23.6 Å². The van der Waals surface area contributed by atoms with Gasteiger partial charge in [0.05, 0.1) is 5.75 Å². The van der Waals surface area contributed by atoms with E-state index in [9.17, 15) is 22.8 Å². The molecule has 1 rings (SSSR count). The zero-order valence-electron chi connectivity index (χ0n) is 9.87. The summed E-state index contributed by atoms with van der Waals surface area (Å²) >= 11 is 0.969. The molecule has 1 aliphatic rings. The Labute approximate surface area is 111 Å². The van der Waals surface area contributed by atoms with Gasteiger partial charge in [-0.1, -0.05) is 11.8 Å². The van der Waals surface area contributed by atoms with Crippen LogP contribution in [0.15, 0.2) is 10.6 Å². The lowest BCUT2D eigenvalue weighted by molar-refractivity contribution is -0.136. The van der Waals surface area contributed by atoms with E-state index in [2.05, 4.69) is 0 Å². The fraction of sp³-hybridized carbons (Fsp3) is 0.500. The van der Waals surface area contributed by atoms with Gasteiger partial charge in [0.2, 0.25) is 5.91 Å². The van der Waals surface area contributed by atoms with Crippen LogP contribution in [0.1, 0.15) is 6.92 Å². The molecule has 1 saturated heterocycles. The summed E-state index contributed by atoms with van der Waals surface area (Å²) in [5, 5.41) is 10.6. The molecule has 0 aliphatic carbocycles. The van der Waals surface area contributed by atoms with Gasteiger partial charge in [0.1, 0.15) is 23.2 Å². The van der Waals surface area contributed by atoms with Crippen molar-refractivity contribution in [1.29, 1.82) is 5.26 Å². The Kier molecular flexibility index (Phi) is 4.83. The van der Waals surface area contributed by atoms with Crippen LogP contribution in [0.4, 0.5) is 13.2 Å². The third-order valence-corrected chi connectivity index (χ3v) is 3.29. The average molecular weight is 293 g/mol. The van der Waals surface area contributed by atoms with Crippen molar-refractivity contribution in [3.05, 3.63) is 10.6 Å². The normalized spacial score (nSPS) is 18.3. The highest BCUT2D eigenvalue weighted by Crippen LogP contribution is 2.31. The van der Waals surface area contributed by atoms with Crippen LogP contribution >= 0.6 is 11.8 Å². The number of carbonyl (C=O) groups excluding carboxylic acids is 2. The predicted octanol–water partition coefficient (Wildman–Crippen LogP) is 0.995. The summed E-state index contributed by atoms with van der Waals surface area (Å²) in [6, 6.07) is 1.55. The molecule has 2 amide bonds. The smallest absolute Gasteiger partial charge is 0.342 e. The molecule has 0 unspecified atom stereocenters. The molecule has 1 N–H and O–H groups in total. The lowest BCUT2D eigenvalue weighted by atomic mass is 10.3. The third-order valence-electron chi connectivity index (χ3n) is 2.20. The minimum atomic E-state index is -4.55. The summed E-state index contributed by atoms with van der Waals surface area (Å²) in [6.07, 6.45) is -4.55. The molecule has 0 spiro atoms. The fourth-order valence-corrected chi connectivity index (χ4v) is 2.48.